The maximum absolute atomic E-state index is 5.86. The summed E-state index contributed by atoms with van der Waals surface area (Å²) in [4.78, 5) is 9.32. The lowest BCUT2D eigenvalue weighted by Gasteiger charge is -2.17. The first-order valence-electron chi connectivity index (χ1n) is 7.51. The fourth-order valence-electron chi connectivity index (χ4n) is 2.17. The van der Waals surface area contributed by atoms with Gasteiger partial charge in [0.15, 0.2) is 5.82 Å². The Kier molecular flexibility index (Phi) is 5.14. The number of ether oxygens (including phenoxy) is 1. The molecule has 2 rings (SSSR count). The molecule has 0 amide bonds. The summed E-state index contributed by atoms with van der Waals surface area (Å²) in [5, 5.41) is 3.36. The Balaban J connectivity index is 2.21. The van der Waals surface area contributed by atoms with Crippen molar-refractivity contribution in [1.29, 1.82) is 0 Å². The van der Waals surface area contributed by atoms with Gasteiger partial charge >= 0.3 is 0 Å². The number of rotatable bonds is 8. The van der Waals surface area contributed by atoms with E-state index in [4.69, 9.17) is 4.74 Å². The van der Waals surface area contributed by atoms with Crippen molar-refractivity contribution in [3.05, 3.63) is 17.6 Å². The zero-order valence-corrected chi connectivity index (χ0v) is 12.3. The van der Waals surface area contributed by atoms with Crippen molar-refractivity contribution in [2.75, 3.05) is 18.5 Å². The zero-order valence-electron chi connectivity index (χ0n) is 12.3. The van der Waals surface area contributed by atoms with E-state index < -0.39 is 0 Å². The van der Waals surface area contributed by atoms with Crippen molar-refractivity contribution >= 4 is 5.82 Å². The van der Waals surface area contributed by atoms with Crippen LogP contribution in [0.3, 0.4) is 0 Å². The SMILES string of the molecule is CCCNc1cc(CC)nc(C(OCC)C2CC2)n1. The molecule has 1 fully saturated rings. The van der Waals surface area contributed by atoms with Crippen LogP contribution < -0.4 is 5.32 Å². The van der Waals surface area contributed by atoms with E-state index >= 15 is 0 Å². The van der Waals surface area contributed by atoms with Gasteiger partial charge in [0.2, 0.25) is 0 Å². The van der Waals surface area contributed by atoms with Gasteiger partial charge < -0.3 is 10.1 Å². The predicted molar refractivity (Wildman–Crippen MR) is 77.3 cm³/mol. The number of nitrogens with zero attached hydrogens (tertiary/aromatic N) is 2. The van der Waals surface area contributed by atoms with E-state index in [1.54, 1.807) is 0 Å². The monoisotopic (exact) mass is 263 g/mol. The second-order valence-electron chi connectivity index (χ2n) is 5.10. The minimum atomic E-state index is 0.0821. The molecule has 1 aromatic heterocycles. The number of aromatic nitrogens is 2. The number of anilines is 1. The highest BCUT2D eigenvalue weighted by Crippen LogP contribution is 2.42. The number of nitrogens with one attached hydrogen (secondary N) is 1. The van der Waals surface area contributed by atoms with E-state index in [1.165, 1.54) is 12.8 Å². The van der Waals surface area contributed by atoms with E-state index in [0.717, 1.165) is 43.3 Å². The van der Waals surface area contributed by atoms with Gasteiger partial charge in [-0.2, -0.15) is 0 Å². The molecule has 0 spiro atoms. The Labute approximate surface area is 116 Å². The molecular formula is C15H25N3O. The van der Waals surface area contributed by atoms with Crippen molar-refractivity contribution in [3.63, 3.8) is 0 Å². The Hall–Kier alpha value is -1.16. The smallest absolute Gasteiger partial charge is 0.160 e. The molecule has 1 heterocycles. The van der Waals surface area contributed by atoms with E-state index in [0.29, 0.717) is 5.92 Å². The topological polar surface area (TPSA) is 47.0 Å². The lowest BCUT2D eigenvalue weighted by molar-refractivity contribution is 0.0400. The molecule has 19 heavy (non-hydrogen) atoms. The summed E-state index contributed by atoms with van der Waals surface area (Å²) < 4.78 is 5.86. The summed E-state index contributed by atoms with van der Waals surface area (Å²) in [5.74, 6) is 2.42. The Morgan fingerprint density at radius 3 is 2.68 bits per heavy atom. The van der Waals surface area contributed by atoms with Crippen LogP contribution in [0.5, 0.6) is 0 Å². The predicted octanol–water partition coefficient (Wildman–Crippen LogP) is 3.35. The lowest BCUT2D eigenvalue weighted by atomic mass is 10.2. The zero-order chi connectivity index (χ0) is 13.7. The molecule has 1 unspecified atom stereocenters. The third kappa shape index (κ3) is 3.90. The van der Waals surface area contributed by atoms with Gasteiger partial charge in [0.25, 0.3) is 0 Å². The Morgan fingerprint density at radius 1 is 1.32 bits per heavy atom. The third-order valence-electron chi connectivity index (χ3n) is 3.37. The van der Waals surface area contributed by atoms with Gasteiger partial charge in [-0.1, -0.05) is 13.8 Å². The maximum atomic E-state index is 5.86. The van der Waals surface area contributed by atoms with Crippen molar-refractivity contribution in [1.82, 2.24) is 9.97 Å². The van der Waals surface area contributed by atoms with Gasteiger partial charge in [-0.25, -0.2) is 9.97 Å². The average Bonchev–Trinajstić information content (AvgIpc) is 3.26. The number of aryl methyl sites for hydroxylation is 1. The molecule has 0 aliphatic heterocycles. The Morgan fingerprint density at radius 2 is 2.11 bits per heavy atom. The highest BCUT2D eigenvalue weighted by Gasteiger charge is 2.35. The molecule has 106 valence electrons. The van der Waals surface area contributed by atoms with Gasteiger partial charge in [0.1, 0.15) is 11.9 Å². The van der Waals surface area contributed by atoms with E-state index in [1.807, 2.05) is 6.92 Å². The van der Waals surface area contributed by atoms with Crippen LogP contribution >= 0.6 is 0 Å². The van der Waals surface area contributed by atoms with Crippen LogP contribution in [-0.4, -0.2) is 23.1 Å². The quantitative estimate of drug-likeness (QED) is 0.781. The van der Waals surface area contributed by atoms with Crippen LogP contribution in [0.15, 0.2) is 6.07 Å². The van der Waals surface area contributed by atoms with Gasteiger partial charge in [-0.3, -0.25) is 0 Å². The number of hydrogen-bond acceptors (Lipinski definition) is 4. The minimum Gasteiger partial charge on any atom is -0.370 e. The molecule has 1 atom stereocenters. The molecule has 0 aromatic carbocycles. The van der Waals surface area contributed by atoms with Gasteiger partial charge in [0, 0.05) is 24.9 Å². The fourth-order valence-corrected chi connectivity index (χ4v) is 2.17. The van der Waals surface area contributed by atoms with E-state index in [-0.39, 0.29) is 6.10 Å². The summed E-state index contributed by atoms with van der Waals surface area (Å²) in [5.41, 5.74) is 1.09. The molecule has 4 nitrogen and oxygen atoms in total. The summed E-state index contributed by atoms with van der Waals surface area (Å²) >= 11 is 0. The van der Waals surface area contributed by atoms with Crippen LogP contribution in [0.1, 0.15) is 57.7 Å². The highest BCUT2D eigenvalue weighted by atomic mass is 16.5. The molecule has 0 saturated heterocycles. The van der Waals surface area contributed by atoms with E-state index in [9.17, 15) is 0 Å². The van der Waals surface area contributed by atoms with Gasteiger partial charge in [0.05, 0.1) is 0 Å². The van der Waals surface area contributed by atoms with Gasteiger partial charge in [-0.15, -0.1) is 0 Å². The van der Waals surface area contributed by atoms with Crippen LogP contribution in [0.25, 0.3) is 0 Å². The first-order chi connectivity index (χ1) is 9.28. The Bertz CT molecular complexity index is 404. The van der Waals surface area contributed by atoms with Crippen molar-refractivity contribution in [2.45, 2.75) is 52.6 Å². The number of hydrogen-bond donors (Lipinski definition) is 1. The largest absolute Gasteiger partial charge is 0.370 e. The molecule has 1 aromatic rings. The summed E-state index contributed by atoms with van der Waals surface area (Å²) in [6.07, 6.45) is 4.58. The lowest BCUT2D eigenvalue weighted by Crippen LogP contribution is -2.14. The van der Waals surface area contributed by atoms with Gasteiger partial charge in [-0.05, 0) is 38.5 Å². The van der Waals surface area contributed by atoms with Crippen molar-refractivity contribution < 1.29 is 4.74 Å². The molecule has 1 aliphatic carbocycles. The van der Waals surface area contributed by atoms with Crippen molar-refractivity contribution in [3.8, 4) is 0 Å². The second-order valence-corrected chi connectivity index (χ2v) is 5.10. The highest BCUT2D eigenvalue weighted by molar-refractivity contribution is 5.36. The van der Waals surface area contributed by atoms with Crippen LogP contribution in [0.2, 0.25) is 0 Å². The second kappa shape index (κ2) is 6.85. The molecular weight excluding hydrogens is 238 g/mol. The average molecular weight is 263 g/mol. The third-order valence-corrected chi connectivity index (χ3v) is 3.37. The molecule has 1 aliphatic rings. The summed E-state index contributed by atoms with van der Waals surface area (Å²) in [7, 11) is 0. The first kappa shape index (κ1) is 14.3. The summed E-state index contributed by atoms with van der Waals surface area (Å²) in [6.45, 7) is 7.99. The standard InChI is InChI=1S/C15H25N3O/c1-4-9-16-13-10-12(5-2)17-15(18-13)14(19-6-3)11-7-8-11/h10-11,14H,4-9H2,1-3H3,(H,16,17,18). The molecule has 0 radical (unpaired) electrons. The molecule has 1 N–H and O–H groups in total. The van der Waals surface area contributed by atoms with E-state index in [2.05, 4.69) is 35.2 Å². The maximum Gasteiger partial charge on any atom is 0.160 e. The summed E-state index contributed by atoms with van der Waals surface area (Å²) in [6, 6.07) is 2.05. The van der Waals surface area contributed by atoms with Crippen LogP contribution in [0.4, 0.5) is 5.82 Å². The molecule has 1 saturated carbocycles. The van der Waals surface area contributed by atoms with Crippen molar-refractivity contribution in [2.24, 2.45) is 5.92 Å². The van der Waals surface area contributed by atoms with Crippen LogP contribution in [-0.2, 0) is 11.2 Å². The fraction of sp³-hybridized carbons (Fsp3) is 0.733. The first-order valence-corrected chi connectivity index (χ1v) is 7.51. The minimum absolute atomic E-state index is 0.0821. The molecule has 0 bridgehead atoms. The normalized spacial score (nSPS) is 16.4. The van der Waals surface area contributed by atoms with Crippen LogP contribution in [0, 0.1) is 5.92 Å². The molecule has 4 heteroatoms.